The van der Waals surface area contributed by atoms with E-state index in [-0.39, 0.29) is 5.69 Å². The first-order valence-corrected chi connectivity index (χ1v) is 8.44. The summed E-state index contributed by atoms with van der Waals surface area (Å²) in [5.74, 6) is 0.821. The number of hydrogen-bond acceptors (Lipinski definition) is 6. The van der Waals surface area contributed by atoms with Gasteiger partial charge in [-0.1, -0.05) is 30.3 Å². The second-order valence-electron chi connectivity index (χ2n) is 5.89. The molecule has 0 saturated carbocycles. The molecule has 0 unspecified atom stereocenters. The molecule has 0 spiro atoms. The van der Waals surface area contributed by atoms with Crippen molar-refractivity contribution in [1.82, 2.24) is 4.90 Å². The van der Waals surface area contributed by atoms with Crippen LogP contribution in [0.15, 0.2) is 42.5 Å². The van der Waals surface area contributed by atoms with E-state index in [9.17, 15) is 10.1 Å². The molecule has 0 amide bonds. The van der Waals surface area contributed by atoms with Gasteiger partial charge in [-0.3, -0.25) is 15.0 Å². The number of rotatable bonds is 10. The van der Waals surface area contributed by atoms with Gasteiger partial charge in [0, 0.05) is 31.7 Å². The Morgan fingerprint density at radius 2 is 1.73 bits per heavy atom. The summed E-state index contributed by atoms with van der Waals surface area (Å²) in [7, 11) is 2.97. The van der Waals surface area contributed by atoms with Crippen molar-refractivity contribution in [1.29, 1.82) is 0 Å². The maximum Gasteiger partial charge on any atom is 0.277 e. The minimum absolute atomic E-state index is 0.0179. The van der Waals surface area contributed by atoms with Crippen LogP contribution in [0.2, 0.25) is 0 Å². The van der Waals surface area contributed by atoms with E-state index in [2.05, 4.69) is 17.0 Å². The van der Waals surface area contributed by atoms with Crippen LogP contribution in [0.25, 0.3) is 0 Å². The van der Waals surface area contributed by atoms with Gasteiger partial charge in [0.25, 0.3) is 5.69 Å². The van der Waals surface area contributed by atoms with E-state index in [1.807, 2.05) is 18.2 Å². The van der Waals surface area contributed by atoms with Gasteiger partial charge in [-0.2, -0.15) is 0 Å². The summed E-state index contributed by atoms with van der Waals surface area (Å²) in [6.07, 6.45) is 0.849. The molecule has 0 aliphatic rings. The standard InChI is InChI=1S/C19H25N3O4/c1-25-18-12-16(17(22(23)24)13-19(18)26-2)14-21(11-9-20)10-8-15-6-4-3-5-7-15/h3-7,12-13H,8-11,14,20H2,1-2H3. The molecule has 140 valence electrons. The van der Waals surface area contributed by atoms with Gasteiger partial charge in [-0.15, -0.1) is 0 Å². The normalized spacial score (nSPS) is 10.8. The van der Waals surface area contributed by atoms with Gasteiger partial charge < -0.3 is 15.2 Å². The average Bonchev–Trinajstić information content (AvgIpc) is 2.66. The number of nitrogens with zero attached hydrogens (tertiary/aromatic N) is 2. The molecular weight excluding hydrogens is 334 g/mol. The Labute approximate surface area is 153 Å². The summed E-state index contributed by atoms with van der Waals surface area (Å²) in [5.41, 5.74) is 7.55. The Hall–Kier alpha value is -2.64. The van der Waals surface area contributed by atoms with Gasteiger partial charge in [-0.25, -0.2) is 0 Å². The third-order valence-electron chi connectivity index (χ3n) is 4.18. The molecule has 0 aromatic heterocycles. The second kappa shape index (κ2) is 9.74. The smallest absolute Gasteiger partial charge is 0.277 e. The number of methoxy groups -OCH3 is 2. The highest BCUT2D eigenvalue weighted by atomic mass is 16.6. The molecule has 0 aliphatic carbocycles. The Bertz CT molecular complexity index is 722. The molecule has 2 aromatic carbocycles. The van der Waals surface area contributed by atoms with Crippen molar-refractivity contribution in [2.24, 2.45) is 5.73 Å². The highest BCUT2D eigenvalue weighted by molar-refractivity contribution is 5.54. The lowest BCUT2D eigenvalue weighted by Crippen LogP contribution is -2.31. The van der Waals surface area contributed by atoms with E-state index in [1.165, 1.54) is 25.8 Å². The van der Waals surface area contributed by atoms with Crippen LogP contribution in [0.1, 0.15) is 11.1 Å². The lowest BCUT2D eigenvalue weighted by Gasteiger charge is -2.22. The molecule has 0 aliphatic heterocycles. The largest absolute Gasteiger partial charge is 0.493 e. The molecule has 0 saturated heterocycles. The van der Waals surface area contributed by atoms with Gasteiger partial charge in [-0.05, 0) is 18.1 Å². The number of nitrogens with two attached hydrogens (primary N) is 1. The predicted molar refractivity (Wildman–Crippen MR) is 101 cm³/mol. The second-order valence-corrected chi connectivity index (χ2v) is 5.89. The van der Waals surface area contributed by atoms with Crippen molar-refractivity contribution in [2.75, 3.05) is 33.9 Å². The van der Waals surface area contributed by atoms with Gasteiger partial charge in [0.2, 0.25) is 0 Å². The van der Waals surface area contributed by atoms with Crippen molar-refractivity contribution >= 4 is 5.69 Å². The first-order chi connectivity index (χ1) is 12.6. The van der Waals surface area contributed by atoms with E-state index in [1.54, 1.807) is 6.07 Å². The first kappa shape index (κ1) is 19.7. The average molecular weight is 359 g/mol. The van der Waals surface area contributed by atoms with Crippen molar-refractivity contribution in [3.63, 3.8) is 0 Å². The summed E-state index contributed by atoms with van der Waals surface area (Å²) in [4.78, 5) is 13.2. The van der Waals surface area contributed by atoms with Crippen molar-refractivity contribution < 1.29 is 14.4 Å². The number of benzene rings is 2. The fourth-order valence-electron chi connectivity index (χ4n) is 2.83. The van der Waals surface area contributed by atoms with Crippen LogP contribution >= 0.6 is 0 Å². The summed E-state index contributed by atoms with van der Waals surface area (Å²) >= 11 is 0. The summed E-state index contributed by atoms with van der Waals surface area (Å²) < 4.78 is 10.5. The fourth-order valence-corrected chi connectivity index (χ4v) is 2.83. The van der Waals surface area contributed by atoms with E-state index >= 15 is 0 Å². The molecule has 7 nitrogen and oxygen atoms in total. The van der Waals surface area contributed by atoms with Crippen LogP contribution in [0.3, 0.4) is 0 Å². The zero-order valence-electron chi connectivity index (χ0n) is 15.2. The minimum atomic E-state index is -0.394. The minimum Gasteiger partial charge on any atom is -0.493 e. The van der Waals surface area contributed by atoms with Crippen LogP contribution < -0.4 is 15.2 Å². The SMILES string of the molecule is COc1cc(CN(CCN)CCc2ccccc2)c([N+](=O)[O-])cc1OC. The number of ether oxygens (including phenoxy) is 2. The lowest BCUT2D eigenvalue weighted by molar-refractivity contribution is -0.385. The fraction of sp³-hybridized carbons (Fsp3) is 0.368. The summed E-state index contributed by atoms with van der Waals surface area (Å²) in [6, 6.07) is 13.2. The number of hydrogen-bond donors (Lipinski definition) is 1. The third kappa shape index (κ3) is 5.18. The Balaban J connectivity index is 2.22. The van der Waals surface area contributed by atoms with Gasteiger partial charge in [0.1, 0.15) is 0 Å². The van der Waals surface area contributed by atoms with Crippen molar-refractivity contribution in [3.05, 3.63) is 63.7 Å². The first-order valence-electron chi connectivity index (χ1n) is 8.44. The summed E-state index contributed by atoms with van der Waals surface area (Å²) in [5, 5.41) is 11.5. The van der Waals surface area contributed by atoms with Gasteiger partial charge >= 0.3 is 0 Å². The predicted octanol–water partition coefficient (Wildman–Crippen LogP) is 2.62. The van der Waals surface area contributed by atoms with Crippen LogP contribution in [-0.4, -0.2) is 43.7 Å². The highest BCUT2D eigenvalue weighted by Crippen LogP contribution is 2.35. The molecule has 7 heteroatoms. The molecule has 0 fully saturated rings. The molecule has 0 heterocycles. The van der Waals surface area contributed by atoms with E-state index in [0.29, 0.717) is 36.7 Å². The maximum atomic E-state index is 11.5. The maximum absolute atomic E-state index is 11.5. The zero-order chi connectivity index (χ0) is 18.9. The molecule has 2 N–H and O–H groups in total. The van der Waals surface area contributed by atoms with E-state index < -0.39 is 4.92 Å². The van der Waals surface area contributed by atoms with Gasteiger partial charge in [0.05, 0.1) is 25.2 Å². The Morgan fingerprint density at radius 1 is 1.08 bits per heavy atom. The van der Waals surface area contributed by atoms with E-state index in [4.69, 9.17) is 15.2 Å². The van der Waals surface area contributed by atoms with Crippen LogP contribution in [0, 0.1) is 10.1 Å². The zero-order valence-corrected chi connectivity index (χ0v) is 15.2. The van der Waals surface area contributed by atoms with Crippen molar-refractivity contribution in [3.8, 4) is 11.5 Å². The van der Waals surface area contributed by atoms with Gasteiger partial charge in [0.15, 0.2) is 11.5 Å². The Morgan fingerprint density at radius 3 is 2.31 bits per heavy atom. The number of nitro benzene ring substituents is 1. The molecule has 0 bridgehead atoms. The van der Waals surface area contributed by atoms with Crippen molar-refractivity contribution in [2.45, 2.75) is 13.0 Å². The number of nitro groups is 1. The topological polar surface area (TPSA) is 90.9 Å². The molecule has 2 rings (SSSR count). The monoisotopic (exact) mass is 359 g/mol. The molecule has 0 radical (unpaired) electrons. The Kier molecular flexibility index (Phi) is 7.37. The van der Waals surface area contributed by atoms with Crippen LogP contribution in [-0.2, 0) is 13.0 Å². The molecule has 2 aromatic rings. The molecular formula is C19H25N3O4. The molecule has 0 atom stereocenters. The summed E-state index contributed by atoms with van der Waals surface area (Å²) in [6.45, 7) is 2.31. The highest BCUT2D eigenvalue weighted by Gasteiger charge is 2.21. The molecule has 26 heavy (non-hydrogen) atoms. The quantitative estimate of drug-likeness (QED) is 0.518. The van der Waals surface area contributed by atoms with Crippen LogP contribution in [0.5, 0.6) is 11.5 Å². The van der Waals surface area contributed by atoms with E-state index in [0.717, 1.165) is 13.0 Å². The third-order valence-corrected chi connectivity index (χ3v) is 4.18. The van der Waals surface area contributed by atoms with Crippen LogP contribution in [0.4, 0.5) is 5.69 Å². The lowest BCUT2D eigenvalue weighted by atomic mass is 10.1.